The number of nitrogens with one attached hydrogen (secondary N) is 1. The van der Waals surface area contributed by atoms with Crippen molar-refractivity contribution in [3.05, 3.63) is 63.3 Å². The van der Waals surface area contributed by atoms with E-state index in [1.54, 1.807) is 16.8 Å². The number of carbonyl (C=O) groups excluding carboxylic acids is 1. The van der Waals surface area contributed by atoms with Gasteiger partial charge in [0.1, 0.15) is 5.51 Å². The van der Waals surface area contributed by atoms with Crippen molar-refractivity contribution >= 4 is 40.3 Å². The van der Waals surface area contributed by atoms with Crippen LogP contribution >= 0.6 is 34.4 Å². The molecule has 136 valence electrons. The molecule has 0 saturated heterocycles. The van der Waals surface area contributed by atoms with Crippen molar-refractivity contribution in [3.63, 3.8) is 0 Å². The number of amides is 1. The normalized spacial score (nSPS) is 13.3. The summed E-state index contributed by atoms with van der Waals surface area (Å²) < 4.78 is 0.811. The lowest BCUT2D eigenvalue weighted by molar-refractivity contribution is -0.119. The van der Waals surface area contributed by atoms with Crippen LogP contribution in [0.3, 0.4) is 0 Å². The second kappa shape index (κ2) is 9.30. The highest BCUT2D eigenvalue weighted by atomic mass is 32.2. The Kier molecular flexibility index (Phi) is 6.82. The highest BCUT2D eigenvalue weighted by Crippen LogP contribution is 2.28. The molecule has 26 heavy (non-hydrogen) atoms. The van der Waals surface area contributed by atoms with Crippen molar-refractivity contribution in [3.8, 4) is 0 Å². The maximum Gasteiger partial charge on any atom is 0.231 e. The molecule has 0 bridgehead atoms. The summed E-state index contributed by atoms with van der Waals surface area (Å²) in [5.74, 6) is 0.874. The van der Waals surface area contributed by atoms with E-state index in [9.17, 15) is 4.79 Å². The van der Waals surface area contributed by atoms with E-state index in [0.717, 1.165) is 21.2 Å². The fourth-order valence-electron chi connectivity index (χ4n) is 2.58. The van der Waals surface area contributed by atoms with Crippen LogP contribution in [0.15, 0.2) is 51.6 Å². The first kappa shape index (κ1) is 19.1. The van der Waals surface area contributed by atoms with E-state index in [-0.39, 0.29) is 11.9 Å². The molecule has 0 fully saturated rings. The third-order valence-electron chi connectivity index (χ3n) is 4.25. The number of nitrogens with zero attached hydrogens (tertiary/aromatic N) is 2. The van der Waals surface area contributed by atoms with Crippen molar-refractivity contribution in [2.75, 3.05) is 5.75 Å². The second-order valence-electron chi connectivity index (χ2n) is 5.99. The molecule has 3 rings (SSSR count). The van der Waals surface area contributed by atoms with Crippen LogP contribution < -0.4 is 5.32 Å². The van der Waals surface area contributed by atoms with E-state index in [1.807, 2.05) is 11.4 Å². The molecule has 1 N–H and O–H groups in total. The highest BCUT2D eigenvalue weighted by Gasteiger charge is 2.18. The number of thioether (sulfide) groups is 1. The van der Waals surface area contributed by atoms with Gasteiger partial charge in [-0.05, 0) is 34.9 Å². The second-order valence-corrected chi connectivity index (χ2v) is 9.02. The van der Waals surface area contributed by atoms with E-state index in [1.165, 1.54) is 28.7 Å². The number of hydrogen-bond acceptors (Lipinski definition) is 6. The number of benzene rings is 1. The zero-order valence-electron chi connectivity index (χ0n) is 14.7. The molecule has 2 atom stereocenters. The first-order chi connectivity index (χ1) is 12.7. The van der Waals surface area contributed by atoms with Gasteiger partial charge in [-0.2, -0.15) is 0 Å². The van der Waals surface area contributed by atoms with Crippen LogP contribution in [-0.2, 0) is 4.79 Å². The Hall–Kier alpha value is -1.70. The van der Waals surface area contributed by atoms with Gasteiger partial charge in [0.25, 0.3) is 0 Å². The minimum absolute atomic E-state index is 0.00500. The zero-order chi connectivity index (χ0) is 18.4. The lowest BCUT2D eigenvalue weighted by Crippen LogP contribution is -2.30. The molecule has 1 aromatic carbocycles. The molecule has 3 aromatic rings. The maximum absolute atomic E-state index is 12.5. The summed E-state index contributed by atoms with van der Waals surface area (Å²) in [6.45, 7) is 4.43. The number of hydrogen-bond donors (Lipinski definition) is 1. The SMILES string of the molecule is CCC(C)c1ccc(C(NC(=O)CSc2nncs2)c2cccs2)cc1. The van der Waals surface area contributed by atoms with E-state index >= 15 is 0 Å². The van der Waals surface area contributed by atoms with E-state index in [4.69, 9.17) is 0 Å². The topological polar surface area (TPSA) is 54.9 Å². The van der Waals surface area contributed by atoms with E-state index in [0.29, 0.717) is 11.7 Å². The van der Waals surface area contributed by atoms with Gasteiger partial charge in [-0.1, -0.05) is 67.3 Å². The van der Waals surface area contributed by atoms with Gasteiger partial charge in [0, 0.05) is 4.88 Å². The van der Waals surface area contributed by atoms with Crippen LogP contribution in [0.2, 0.25) is 0 Å². The van der Waals surface area contributed by atoms with Gasteiger partial charge < -0.3 is 5.32 Å². The Morgan fingerprint density at radius 1 is 1.19 bits per heavy atom. The van der Waals surface area contributed by atoms with Crippen LogP contribution in [0.1, 0.15) is 48.2 Å². The van der Waals surface area contributed by atoms with Gasteiger partial charge in [0.2, 0.25) is 5.91 Å². The Morgan fingerprint density at radius 2 is 1.96 bits per heavy atom. The van der Waals surface area contributed by atoms with Crippen LogP contribution in [0.5, 0.6) is 0 Å². The van der Waals surface area contributed by atoms with Gasteiger partial charge >= 0.3 is 0 Å². The molecular weight excluding hydrogens is 382 g/mol. The number of carbonyl (C=O) groups is 1. The quantitative estimate of drug-likeness (QED) is 0.531. The van der Waals surface area contributed by atoms with Gasteiger partial charge in [0.05, 0.1) is 11.8 Å². The Bertz CT molecular complexity index is 801. The molecule has 0 spiro atoms. The first-order valence-corrected chi connectivity index (χ1v) is 11.2. The average Bonchev–Trinajstić information content (AvgIpc) is 3.38. The van der Waals surface area contributed by atoms with Crippen LogP contribution in [0, 0.1) is 0 Å². The summed E-state index contributed by atoms with van der Waals surface area (Å²) in [4.78, 5) is 13.6. The molecule has 1 amide bonds. The van der Waals surface area contributed by atoms with E-state index < -0.39 is 0 Å². The maximum atomic E-state index is 12.5. The Balaban J connectivity index is 1.72. The largest absolute Gasteiger partial charge is 0.344 e. The van der Waals surface area contributed by atoms with Gasteiger partial charge in [-0.15, -0.1) is 21.5 Å². The lowest BCUT2D eigenvalue weighted by atomic mass is 9.95. The number of aromatic nitrogens is 2. The standard InChI is InChI=1S/C19H21N3OS3/c1-3-13(2)14-6-8-15(9-7-14)18(16-5-4-10-24-16)21-17(23)11-25-19-22-20-12-26-19/h4-10,12-13,18H,3,11H2,1-2H3,(H,21,23). The number of thiophene rings is 1. The fourth-order valence-corrected chi connectivity index (χ4v) is 4.68. The molecule has 0 radical (unpaired) electrons. The molecule has 0 aliphatic carbocycles. The zero-order valence-corrected chi connectivity index (χ0v) is 17.2. The van der Waals surface area contributed by atoms with Gasteiger partial charge in [-0.3, -0.25) is 4.79 Å². The van der Waals surface area contributed by atoms with Crippen LogP contribution in [0.25, 0.3) is 0 Å². The summed E-state index contributed by atoms with van der Waals surface area (Å²) in [7, 11) is 0. The number of rotatable bonds is 8. The molecule has 0 aliphatic rings. The molecule has 2 heterocycles. The molecular formula is C19H21N3OS3. The van der Waals surface area contributed by atoms with Crippen LogP contribution in [-0.4, -0.2) is 21.9 Å². The molecule has 2 unspecified atom stereocenters. The highest BCUT2D eigenvalue weighted by molar-refractivity contribution is 8.01. The van der Waals surface area contributed by atoms with Crippen molar-refractivity contribution in [1.82, 2.24) is 15.5 Å². The smallest absolute Gasteiger partial charge is 0.231 e. The van der Waals surface area contributed by atoms with Crippen LogP contribution in [0.4, 0.5) is 0 Å². The minimum atomic E-state index is -0.122. The summed E-state index contributed by atoms with van der Waals surface area (Å²) in [6.07, 6.45) is 1.12. The van der Waals surface area contributed by atoms with Gasteiger partial charge in [0.15, 0.2) is 4.34 Å². The fraction of sp³-hybridized carbons (Fsp3) is 0.316. The van der Waals surface area contributed by atoms with Crippen molar-refractivity contribution in [2.45, 2.75) is 36.6 Å². The minimum Gasteiger partial charge on any atom is -0.344 e. The third-order valence-corrected chi connectivity index (χ3v) is 7.05. The molecule has 0 aliphatic heterocycles. The Morgan fingerprint density at radius 3 is 2.58 bits per heavy atom. The Labute approximate surface area is 166 Å². The molecule has 0 saturated carbocycles. The predicted octanol–water partition coefficient (Wildman–Crippen LogP) is 5.11. The predicted molar refractivity (Wildman–Crippen MR) is 110 cm³/mol. The molecule has 7 heteroatoms. The summed E-state index contributed by atoms with van der Waals surface area (Å²) in [6, 6.07) is 12.6. The summed E-state index contributed by atoms with van der Waals surface area (Å²) in [5.41, 5.74) is 4.11. The summed E-state index contributed by atoms with van der Waals surface area (Å²) >= 11 is 4.52. The monoisotopic (exact) mass is 403 g/mol. The first-order valence-electron chi connectivity index (χ1n) is 8.49. The lowest BCUT2D eigenvalue weighted by Gasteiger charge is -2.19. The van der Waals surface area contributed by atoms with Gasteiger partial charge in [-0.25, -0.2) is 0 Å². The van der Waals surface area contributed by atoms with Crippen molar-refractivity contribution in [1.29, 1.82) is 0 Å². The average molecular weight is 404 g/mol. The van der Waals surface area contributed by atoms with E-state index in [2.05, 4.69) is 59.7 Å². The summed E-state index contributed by atoms with van der Waals surface area (Å²) in [5, 5.41) is 13.0. The third kappa shape index (κ3) is 4.93. The molecule has 4 nitrogen and oxygen atoms in total. The van der Waals surface area contributed by atoms with Crippen molar-refractivity contribution in [2.24, 2.45) is 0 Å². The van der Waals surface area contributed by atoms with Crippen molar-refractivity contribution < 1.29 is 4.79 Å². The molecule has 2 aromatic heterocycles.